The Balaban J connectivity index is 0.00000210. The van der Waals surface area contributed by atoms with Gasteiger partial charge in [0.2, 0.25) is 11.8 Å². The van der Waals surface area contributed by atoms with Crippen LogP contribution in [-0.4, -0.2) is 62.1 Å². The molecule has 0 aromatic heterocycles. The van der Waals surface area contributed by atoms with E-state index < -0.39 is 0 Å². The summed E-state index contributed by atoms with van der Waals surface area (Å²) in [7, 11) is 1.72. The van der Waals surface area contributed by atoms with E-state index in [1.807, 2.05) is 0 Å². The largest absolute Gasteiger partial charge is 0.376 e. The lowest BCUT2D eigenvalue weighted by Crippen LogP contribution is -2.46. The number of carbonyl (C=O) groups is 2. The van der Waals surface area contributed by atoms with Gasteiger partial charge in [0.1, 0.15) is 0 Å². The highest BCUT2D eigenvalue weighted by molar-refractivity contribution is 14.0. The van der Waals surface area contributed by atoms with E-state index in [-0.39, 0.29) is 65.6 Å². The van der Waals surface area contributed by atoms with E-state index in [1.165, 1.54) is 11.3 Å². The van der Waals surface area contributed by atoms with Crippen molar-refractivity contribution in [2.24, 2.45) is 28.7 Å². The van der Waals surface area contributed by atoms with Crippen LogP contribution in [-0.2, 0) is 14.3 Å². The number of guanidine groups is 1. The maximum atomic E-state index is 12.6. The van der Waals surface area contributed by atoms with E-state index in [0.29, 0.717) is 19.0 Å². The minimum atomic E-state index is -0.113. The van der Waals surface area contributed by atoms with Crippen molar-refractivity contribution in [3.63, 3.8) is 0 Å². The predicted octanol–water partition coefficient (Wildman–Crippen LogP) is 1.15. The van der Waals surface area contributed by atoms with Crippen LogP contribution >= 0.6 is 24.0 Å². The third kappa shape index (κ3) is 4.01. The summed E-state index contributed by atoms with van der Waals surface area (Å²) < 4.78 is 5.71. The number of rotatable bonds is 5. The molecule has 8 heteroatoms. The second-order valence-electron chi connectivity index (χ2n) is 7.70. The standard InChI is InChI=1S/C19H28N4O3.HI/c1-20-19(22-11-14-4-2-3-9-26-14)21-7-8-23-17(24)15-12-5-6-13(10-12)16(15)18(23)25;/h5-6,12-16H,2-4,7-11H2,1H3,(H2,20,21,22);1H. The summed E-state index contributed by atoms with van der Waals surface area (Å²) >= 11 is 0. The average molecular weight is 488 g/mol. The molecule has 27 heavy (non-hydrogen) atoms. The molecule has 2 heterocycles. The fourth-order valence-electron chi connectivity index (χ4n) is 4.87. The lowest BCUT2D eigenvalue weighted by molar-refractivity contribution is -0.140. The number of nitrogens with one attached hydrogen (secondary N) is 2. The minimum absolute atomic E-state index is 0. The van der Waals surface area contributed by atoms with Crippen LogP contribution in [0.15, 0.2) is 17.1 Å². The van der Waals surface area contributed by atoms with Gasteiger partial charge < -0.3 is 15.4 Å². The van der Waals surface area contributed by atoms with Crippen LogP contribution in [0.25, 0.3) is 0 Å². The number of aliphatic imine (C=N–C) groups is 1. The molecule has 5 unspecified atom stereocenters. The van der Waals surface area contributed by atoms with Gasteiger partial charge >= 0.3 is 0 Å². The number of hydrogen-bond donors (Lipinski definition) is 2. The summed E-state index contributed by atoms with van der Waals surface area (Å²) in [6, 6.07) is 0. The molecule has 1 saturated carbocycles. The number of likely N-dealkylation sites (tertiary alicyclic amines) is 1. The Morgan fingerprint density at radius 2 is 1.89 bits per heavy atom. The van der Waals surface area contributed by atoms with Crippen LogP contribution in [0.1, 0.15) is 25.7 Å². The SMILES string of the molecule is CN=C(NCCN1C(=O)C2C3C=CC(C3)C2C1=O)NCC1CCCCO1.I. The molecule has 7 nitrogen and oxygen atoms in total. The van der Waals surface area contributed by atoms with Crippen molar-refractivity contribution in [3.8, 4) is 0 Å². The molecule has 3 fully saturated rings. The Kier molecular flexibility index (Phi) is 6.78. The summed E-state index contributed by atoms with van der Waals surface area (Å²) in [4.78, 5) is 30.9. The molecule has 2 saturated heterocycles. The molecule has 0 radical (unpaired) electrons. The summed E-state index contributed by atoms with van der Waals surface area (Å²) in [6.07, 6.45) is 8.86. The van der Waals surface area contributed by atoms with Gasteiger partial charge in [0, 0.05) is 33.3 Å². The van der Waals surface area contributed by atoms with Crippen LogP contribution in [0.2, 0.25) is 0 Å². The van der Waals surface area contributed by atoms with E-state index in [9.17, 15) is 9.59 Å². The first-order chi connectivity index (χ1) is 12.7. The maximum Gasteiger partial charge on any atom is 0.233 e. The van der Waals surface area contributed by atoms with Crippen molar-refractivity contribution in [2.45, 2.75) is 31.8 Å². The molecular formula is C19H29IN4O3. The summed E-state index contributed by atoms with van der Waals surface area (Å²) in [5, 5.41) is 6.47. The number of halogens is 1. The van der Waals surface area contributed by atoms with Gasteiger partial charge in [0.15, 0.2) is 5.96 Å². The van der Waals surface area contributed by atoms with Gasteiger partial charge in [-0.25, -0.2) is 0 Å². The van der Waals surface area contributed by atoms with E-state index in [4.69, 9.17) is 4.74 Å². The van der Waals surface area contributed by atoms with Gasteiger partial charge in [-0.3, -0.25) is 19.5 Å². The molecule has 2 N–H and O–H groups in total. The van der Waals surface area contributed by atoms with Gasteiger partial charge in [0.05, 0.1) is 17.9 Å². The van der Waals surface area contributed by atoms with Gasteiger partial charge in [0.25, 0.3) is 0 Å². The van der Waals surface area contributed by atoms with E-state index >= 15 is 0 Å². The molecular weight excluding hydrogens is 459 g/mol. The quantitative estimate of drug-likeness (QED) is 0.200. The lowest BCUT2D eigenvalue weighted by Gasteiger charge is -2.24. The van der Waals surface area contributed by atoms with E-state index in [0.717, 1.165) is 32.4 Å². The van der Waals surface area contributed by atoms with Crippen molar-refractivity contribution in [2.75, 3.05) is 33.3 Å². The number of hydrogen-bond acceptors (Lipinski definition) is 4. The highest BCUT2D eigenvalue weighted by Gasteiger charge is 2.58. The molecule has 0 aromatic carbocycles. The van der Waals surface area contributed by atoms with Crippen LogP contribution in [0, 0.1) is 23.7 Å². The number of carbonyl (C=O) groups excluding carboxylic acids is 2. The highest BCUT2D eigenvalue weighted by atomic mass is 127. The van der Waals surface area contributed by atoms with Crippen molar-refractivity contribution in [1.82, 2.24) is 15.5 Å². The van der Waals surface area contributed by atoms with Crippen molar-refractivity contribution in [3.05, 3.63) is 12.2 Å². The van der Waals surface area contributed by atoms with Gasteiger partial charge in [-0.1, -0.05) is 12.2 Å². The normalized spacial score (nSPS) is 34.6. The monoisotopic (exact) mass is 488 g/mol. The number of allylic oxidation sites excluding steroid dienone is 2. The highest BCUT2D eigenvalue weighted by Crippen LogP contribution is 2.52. The fourth-order valence-corrected chi connectivity index (χ4v) is 4.87. The van der Waals surface area contributed by atoms with Gasteiger partial charge in [-0.2, -0.15) is 0 Å². The second-order valence-corrected chi connectivity index (χ2v) is 7.70. The molecule has 150 valence electrons. The molecule has 2 aliphatic carbocycles. The number of imide groups is 1. The fraction of sp³-hybridized carbons (Fsp3) is 0.737. The van der Waals surface area contributed by atoms with Crippen molar-refractivity contribution >= 4 is 41.8 Å². The Bertz CT molecular complexity index is 602. The summed E-state index contributed by atoms with van der Waals surface area (Å²) in [5.41, 5.74) is 0. The minimum Gasteiger partial charge on any atom is -0.376 e. The van der Waals surface area contributed by atoms with E-state index in [1.54, 1.807) is 7.05 Å². The number of fused-ring (bicyclic) bond motifs is 5. The van der Waals surface area contributed by atoms with Crippen molar-refractivity contribution in [1.29, 1.82) is 0 Å². The first-order valence-corrected chi connectivity index (χ1v) is 9.78. The molecule has 2 bridgehead atoms. The van der Waals surface area contributed by atoms with Crippen LogP contribution in [0.4, 0.5) is 0 Å². The topological polar surface area (TPSA) is 83.0 Å². The van der Waals surface area contributed by atoms with Crippen molar-refractivity contribution < 1.29 is 14.3 Å². The zero-order chi connectivity index (χ0) is 18.1. The molecule has 2 amide bonds. The lowest BCUT2D eigenvalue weighted by atomic mass is 9.85. The third-order valence-corrected chi connectivity index (χ3v) is 6.18. The summed E-state index contributed by atoms with van der Waals surface area (Å²) in [5.74, 6) is 1.01. The smallest absolute Gasteiger partial charge is 0.233 e. The molecule has 0 spiro atoms. The first-order valence-electron chi connectivity index (χ1n) is 9.78. The number of amides is 2. The Morgan fingerprint density at radius 1 is 1.19 bits per heavy atom. The Morgan fingerprint density at radius 3 is 2.48 bits per heavy atom. The maximum absolute atomic E-state index is 12.6. The van der Waals surface area contributed by atoms with Crippen LogP contribution in [0.5, 0.6) is 0 Å². The second kappa shape index (κ2) is 8.89. The average Bonchev–Trinajstić information content (AvgIpc) is 3.34. The summed E-state index contributed by atoms with van der Waals surface area (Å²) in [6.45, 7) is 2.45. The molecule has 2 aliphatic heterocycles. The number of nitrogens with zero attached hydrogens (tertiary/aromatic N) is 2. The Hall–Kier alpha value is -1.16. The van der Waals surface area contributed by atoms with Crippen LogP contribution in [0.3, 0.4) is 0 Å². The zero-order valence-electron chi connectivity index (χ0n) is 15.7. The van der Waals surface area contributed by atoms with Gasteiger partial charge in [-0.05, 0) is 37.5 Å². The van der Waals surface area contributed by atoms with E-state index in [2.05, 4.69) is 27.8 Å². The van der Waals surface area contributed by atoms with Gasteiger partial charge in [-0.15, -0.1) is 24.0 Å². The molecule has 4 rings (SSSR count). The van der Waals surface area contributed by atoms with Crippen LogP contribution < -0.4 is 10.6 Å². The molecule has 5 atom stereocenters. The first kappa shape index (κ1) is 20.6. The third-order valence-electron chi connectivity index (χ3n) is 6.18. The molecule has 4 aliphatic rings. The molecule has 0 aromatic rings. The number of ether oxygens (including phenoxy) is 1. The Labute approximate surface area is 177 Å². The predicted molar refractivity (Wildman–Crippen MR) is 113 cm³/mol. The zero-order valence-corrected chi connectivity index (χ0v) is 18.1.